The lowest BCUT2D eigenvalue weighted by molar-refractivity contribution is -0.0699. The molecule has 3 aromatic rings. The second-order valence-electron chi connectivity index (χ2n) is 8.12. The number of benzene rings is 2. The predicted octanol–water partition coefficient (Wildman–Crippen LogP) is 5.01. The van der Waals surface area contributed by atoms with Gasteiger partial charge in [0.05, 0.1) is 12.2 Å². The van der Waals surface area contributed by atoms with Crippen molar-refractivity contribution in [1.29, 1.82) is 0 Å². The molecule has 2 N–H and O–H groups in total. The van der Waals surface area contributed by atoms with Gasteiger partial charge in [0, 0.05) is 47.0 Å². The van der Waals surface area contributed by atoms with E-state index in [4.69, 9.17) is 9.47 Å². The number of rotatable bonds is 6. The lowest BCUT2D eigenvalue weighted by Crippen LogP contribution is -2.46. The first kappa shape index (κ1) is 21.9. The van der Waals surface area contributed by atoms with Gasteiger partial charge in [-0.1, -0.05) is 28.1 Å². The van der Waals surface area contributed by atoms with Gasteiger partial charge in [-0.2, -0.15) is 5.10 Å². The molecule has 6 nitrogen and oxygen atoms in total. The molecule has 1 aromatic heterocycles. The van der Waals surface area contributed by atoms with E-state index in [1.54, 1.807) is 6.07 Å². The third-order valence-corrected chi connectivity index (χ3v) is 6.00. The molecule has 0 spiro atoms. The third-order valence-electron chi connectivity index (χ3n) is 5.48. The maximum absolute atomic E-state index is 10.7. The highest BCUT2D eigenvalue weighted by Crippen LogP contribution is 2.38. The molecule has 1 aliphatic rings. The van der Waals surface area contributed by atoms with Crippen LogP contribution in [0.4, 0.5) is 0 Å². The fourth-order valence-corrected chi connectivity index (χ4v) is 4.42. The molecule has 2 atom stereocenters. The zero-order valence-corrected chi connectivity index (χ0v) is 19.6. The van der Waals surface area contributed by atoms with Crippen LogP contribution < -0.4 is 4.74 Å². The van der Waals surface area contributed by atoms with E-state index >= 15 is 0 Å². The monoisotopic (exact) mass is 485 g/mol. The van der Waals surface area contributed by atoms with Gasteiger partial charge in [-0.25, -0.2) is 0 Å². The van der Waals surface area contributed by atoms with E-state index in [2.05, 4.69) is 44.9 Å². The minimum Gasteiger partial charge on any atom is -0.507 e. The molecular weight excluding hydrogens is 458 g/mol. The Balaban J connectivity index is 1.47. The first-order valence-corrected chi connectivity index (χ1v) is 11.3. The van der Waals surface area contributed by atoms with Crippen molar-refractivity contribution >= 4 is 15.9 Å². The summed E-state index contributed by atoms with van der Waals surface area (Å²) in [5, 5.41) is 18.2. The summed E-state index contributed by atoms with van der Waals surface area (Å²) in [5.74, 6) is 0.795. The maximum atomic E-state index is 10.7. The number of ether oxygens (including phenoxy) is 2. The van der Waals surface area contributed by atoms with Crippen LogP contribution in [0.15, 0.2) is 46.9 Å². The van der Waals surface area contributed by atoms with Crippen LogP contribution in [0, 0.1) is 6.92 Å². The summed E-state index contributed by atoms with van der Waals surface area (Å²) in [6, 6.07) is 13.5. The molecule has 0 saturated carbocycles. The van der Waals surface area contributed by atoms with E-state index in [1.807, 2.05) is 43.3 Å². The fourth-order valence-electron chi connectivity index (χ4n) is 4.15. The Kier molecular flexibility index (Phi) is 6.65. The van der Waals surface area contributed by atoms with Gasteiger partial charge in [-0.3, -0.25) is 10.00 Å². The van der Waals surface area contributed by atoms with Crippen LogP contribution in [-0.2, 0) is 4.74 Å². The normalized spacial score (nSPS) is 19.5. The molecule has 0 aliphatic carbocycles. The number of hydrogen-bond acceptors (Lipinski definition) is 5. The van der Waals surface area contributed by atoms with E-state index in [1.165, 1.54) is 0 Å². The van der Waals surface area contributed by atoms with Gasteiger partial charge in [0.25, 0.3) is 0 Å². The highest BCUT2D eigenvalue weighted by atomic mass is 79.9. The number of phenols is 1. The van der Waals surface area contributed by atoms with Crippen molar-refractivity contribution in [2.75, 3.05) is 26.2 Å². The molecule has 0 radical (unpaired) electrons. The first-order chi connectivity index (χ1) is 14.9. The van der Waals surface area contributed by atoms with Gasteiger partial charge < -0.3 is 14.6 Å². The summed E-state index contributed by atoms with van der Waals surface area (Å²) in [5.41, 5.74) is 4.36. The number of aryl methyl sites for hydroxylation is 1. The molecule has 1 aliphatic heterocycles. The van der Waals surface area contributed by atoms with Crippen LogP contribution in [0.3, 0.4) is 0 Å². The van der Waals surface area contributed by atoms with Gasteiger partial charge in [0.1, 0.15) is 23.8 Å². The average molecular weight is 486 g/mol. The highest BCUT2D eigenvalue weighted by Gasteiger charge is 2.22. The van der Waals surface area contributed by atoms with E-state index in [-0.39, 0.29) is 18.0 Å². The molecule has 2 unspecified atom stereocenters. The lowest BCUT2D eigenvalue weighted by atomic mass is 9.99. The van der Waals surface area contributed by atoms with Crippen molar-refractivity contribution in [3.63, 3.8) is 0 Å². The van der Waals surface area contributed by atoms with Gasteiger partial charge in [0.15, 0.2) is 0 Å². The molecule has 0 amide bonds. The Morgan fingerprint density at radius 3 is 2.55 bits per heavy atom. The molecule has 1 fully saturated rings. The van der Waals surface area contributed by atoms with Gasteiger partial charge in [-0.15, -0.1) is 0 Å². The zero-order chi connectivity index (χ0) is 22.0. The first-order valence-electron chi connectivity index (χ1n) is 10.6. The molecule has 2 heterocycles. The standard InChI is InChI=1S/C24H28BrN3O3/c1-15-13-28(14-16(2)31-15)10-11-30-20-8-9-21(22(29)12-20)24-23(17(3)26-27-24)18-4-6-19(25)7-5-18/h4-9,12,15-16,29H,10-11,13-14H2,1-3H3,(H,26,27). The summed E-state index contributed by atoms with van der Waals surface area (Å²) in [6.45, 7) is 9.38. The smallest absolute Gasteiger partial charge is 0.128 e. The molecule has 1 saturated heterocycles. The van der Waals surface area contributed by atoms with Crippen LogP contribution in [0.25, 0.3) is 22.4 Å². The number of aromatic nitrogens is 2. The van der Waals surface area contributed by atoms with E-state index in [0.717, 1.165) is 46.6 Å². The molecule has 4 rings (SSSR count). The Bertz CT molecular complexity index is 1030. The zero-order valence-electron chi connectivity index (χ0n) is 18.1. The summed E-state index contributed by atoms with van der Waals surface area (Å²) in [4.78, 5) is 2.35. The number of aromatic hydroxyl groups is 1. The molecule has 31 heavy (non-hydrogen) atoms. The summed E-state index contributed by atoms with van der Waals surface area (Å²) >= 11 is 3.48. The quantitative estimate of drug-likeness (QED) is 0.513. The SMILES string of the molecule is Cc1[nH]nc(-c2ccc(OCCN3CC(C)OC(C)C3)cc2O)c1-c1ccc(Br)cc1. The van der Waals surface area contributed by atoms with Crippen LogP contribution in [0.1, 0.15) is 19.5 Å². The van der Waals surface area contributed by atoms with Crippen molar-refractivity contribution in [1.82, 2.24) is 15.1 Å². The van der Waals surface area contributed by atoms with Crippen molar-refractivity contribution < 1.29 is 14.6 Å². The van der Waals surface area contributed by atoms with Crippen molar-refractivity contribution in [3.8, 4) is 33.9 Å². The Hall–Kier alpha value is -2.35. The number of H-pyrrole nitrogens is 1. The number of halogens is 1. The molecule has 2 aromatic carbocycles. The van der Waals surface area contributed by atoms with Crippen molar-refractivity contribution in [3.05, 3.63) is 52.6 Å². The Labute approximate surface area is 191 Å². The number of aromatic amines is 1. The van der Waals surface area contributed by atoms with E-state index in [0.29, 0.717) is 17.9 Å². The predicted molar refractivity (Wildman–Crippen MR) is 126 cm³/mol. The van der Waals surface area contributed by atoms with Gasteiger partial charge in [0.2, 0.25) is 0 Å². The molecular formula is C24H28BrN3O3. The van der Waals surface area contributed by atoms with Crippen LogP contribution in [0.5, 0.6) is 11.5 Å². The van der Waals surface area contributed by atoms with Gasteiger partial charge in [-0.05, 0) is 50.6 Å². The summed E-state index contributed by atoms with van der Waals surface area (Å²) < 4.78 is 12.7. The highest BCUT2D eigenvalue weighted by molar-refractivity contribution is 9.10. The van der Waals surface area contributed by atoms with Crippen LogP contribution in [0.2, 0.25) is 0 Å². The van der Waals surface area contributed by atoms with E-state index < -0.39 is 0 Å². The van der Waals surface area contributed by atoms with E-state index in [9.17, 15) is 5.11 Å². The minimum absolute atomic E-state index is 0.149. The number of phenolic OH excluding ortho intramolecular Hbond substituents is 1. The van der Waals surface area contributed by atoms with Gasteiger partial charge >= 0.3 is 0 Å². The number of morpholine rings is 1. The fraction of sp³-hybridized carbons (Fsp3) is 0.375. The van der Waals surface area contributed by atoms with Crippen molar-refractivity contribution in [2.24, 2.45) is 0 Å². The lowest BCUT2D eigenvalue weighted by Gasteiger charge is -2.35. The Morgan fingerprint density at radius 1 is 1.16 bits per heavy atom. The number of nitrogens with zero attached hydrogens (tertiary/aromatic N) is 2. The number of nitrogens with one attached hydrogen (secondary N) is 1. The maximum Gasteiger partial charge on any atom is 0.128 e. The molecule has 0 bridgehead atoms. The largest absolute Gasteiger partial charge is 0.507 e. The van der Waals surface area contributed by atoms with Crippen LogP contribution >= 0.6 is 15.9 Å². The topological polar surface area (TPSA) is 70.6 Å². The second-order valence-corrected chi connectivity index (χ2v) is 9.04. The van der Waals surface area contributed by atoms with Crippen LogP contribution in [-0.4, -0.2) is 58.7 Å². The minimum atomic E-state index is 0.149. The second kappa shape index (κ2) is 9.42. The average Bonchev–Trinajstić information content (AvgIpc) is 3.09. The number of hydrogen-bond donors (Lipinski definition) is 2. The molecule has 164 valence electrons. The summed E-state index contributed by atoms with van der Waals surface area (Å²) in [7, 11) is 0. The van der Waals surface area contributed by atoms with Crippen molar-refractivity contribution in [2.45, 2.75) is 33.0 Å². The third kappa shape index (κ3) is 5.11. The summed E-state index contributed by atoms with van der Waals surface area (Å²) in [6.07, 6.45) is 0.480. The Morgan fingerprint density at radius 2 is 1.87 bits per heavy atom. The molecule has 7 heteroatoms.